The van der Waals surface area contributed by atoms with Crippen LogP contribution in [0.3, 0.4) is 0 Å². The van der Waals surface area contributed by atoms with Gasteiger partial charge in [-0.3, -0.25) is 0 Å². The van der Waals surface area contributed by atoms with Crippen molar-refractivity contribution in [2.24, 2.45) is 5.73 Å². The maximum atomic E-state index is 6.76. The fraction of sp³-hybridized carbons (Fsp3) is 0.0385. The summed E-state index contributed by atoms with van der Waals surface area (Å²) in [4.78, 5) is 0. The third-order valence-electron chi connectivity index (χ3n) is 11.5. The Morgan fingerprint density at radius 2 is 1.04 bits per heavy atom. The van der Waals surface area contributed by atoms with Crippen LogP contribution in [0.2, 0.25) is 0 Å². The van der Waals surface area contributed by atoms with E-state index >= 15 is 0 Å². The van der Waals surface area contributed by atoms with Gasteiger partial charge in [0, 0.05) is 56.2 Å². The average Bonchev–Trinajstić information content (AvgIpc) is 3.94. The smallest absolute Gasteiger partial charge is 0.0788 e. The molecule has 3 heterocycles. The van der Waals surface area contributed by atoms with Crippen molar-refractivity contribution in [1.29, 1.82) is 0 Å². The van der Waals surface area contributed by atoms with Crippen molar-refractivity contribution in [3.8, 4) is 28.2 Å². The van der Waals surface area contributed by atoms with Gasteiger partial charge >= 0.3 is 0 Å². The van der Waals surface area contributed by atoms with Gasteiger partial charge in [-0.1, -0.05) is 127 Å². The Kier molecular flexibility index (Phi) is 7.51. The van der Waals surface area contributed by atoms with Crippen LogP contribution in [0.15, 0.2) is 200 Å². The van der Waals surface area contributed by atoms with Crippen LogP contribution in [-0.4, -0.2) is 13.7 Å². The first-order valence-electron chi connectivity index (χ1n) is 19.3. The molecule has 0 amide bonds. The van der Waals surface area contributed by atoms with Gasteiger partial charge < -0.3 is 19.4 Å². The lowest BCUT2D eigenvalue weighted by molar-refractivity contribution is 0.722. The van der Waals surface area contributed by atoms with E-state index in [0.717, 1.165) is 40.2 Å². The Labute approximate surface area is 324 Å². The highest BCUT2D eigenvalue weighted by molar-refractivity contribution is 6.25. The van der Waals surface area contributed by atoms with Gasteiger partial charge in [-0.25, -0.2) is 0 Å². The van der Waals surface area contributed by atoms with E-state index in [1.807, 2.05) is 6.07 Å². The number of fused-ring (bicyclic) bond motifs is 8. The van der Waals surface area contributed by atoms with Crippen LogP contribution < -0.4 is 5.73 Å². The summed E-state index contributed by atoms with van der Waals surface area (Å²) in [7, 11) is 0. The summed E-state index contributed by atoms with van der Waals surface area (Å²) in [6.07, 6.45) is 2.98. The molecule has 0 saturated heterocycles. The molecule has 11 aromatic rings. The van der Waals surface area contributed by atoms with Gasteiger partial charge in [-0.15, -0.1) is 0 Å². The lowest BCUT2D eigenvalue weighted by Gasteiger charge is -2.15. The molecular formula is C52H38N4. The summed E-state index contributed by atoms with van der Waals surface area (Å²) in [6.45, 7) is 0. The predicted octanol–water partition coefficient (Wildman–Crippen LogP) is 12.7. The van der Waals surface area contributed by atoms with Gasteiger partial charge in [0.05, 0.1) is 27.6 Å². The number of nitrogens with two attached hydrogens (primary N) is 1. The van der Waals surface area contributed by atoms with Crippen molar-refractivity contribution >= 4 is 54.5 Å². The topological polar surface area (TPSA) is 40.8 Å². The monoisotopic (exact) mass is 718 g/mol. The van der Waals surface area contributed by atoms with Crippen LogP contribution in [-0.2, 0) is 6.42 Å². The molecule has 1 atom stereocenters. The van der Waals surface area contributed by atoms with E-state index in [0.29, 0.717) is 0 Å². The van der Waals surface area contributed by atoms with Gasteiger partial charge in [0.15, 0.2) is 0 Å². The third-order valence-corrected chi connectivity index (χ3v) is 11.5. The van der Waals surface area contributed by atoms with Crippen molar-refractivity contribution in [2.45, 2.75) is 12.5 Å². The number of para-hydroxylation sites is 3. The second-order valence-electron chi connectivity index (χ2n) is 14.8. The third kappa shape index (κ3) is 5.19. The standard InChI is InChI=1S/C52H38N4/c53-47(31-35-13-4-1-5-14-35)38-16-12-15-37(32-38)36-23-25-42(26-24-36)56-50-33-39-29-30-54(40-17-6-2-7-18-40)49(39)34-46(50)45-28-27-44-43-21-10-11-22-48(43)55(51(44)52(45)56)41-19-8-3-9-20-41/h1-30,32-34,47H,31,53H2. The molecule has 0 aliphatic carbocycles. The SMILES string of the molecule is NC(Cc1ccccc1)c1cccc(-c2ccc(-n3c4cc5ccn(-c6ccccc6)c5cc4c4ccc5c6ccccc6n(-c6ccccc6)c5c43)cc2)c1. The van der Waals surface area contributed by atoms with Crippen LogP contribution in [0.4, 0.5) is 0 Å². The number of nitrogens with zero attached hydrogens (tertiary/aromatic N) is 3. The molecular weight excluding hydrogens is 681 g/mol. The maximum Gasteiger partial charge on any atom is 0.0788 e. The zero-order valence-corrected chi connectivity index (χ0v) is 30.8. The summed E-state index contributed by atoms with van der Waals surface area (Å²) < 4.78 is 7.23. The van der Waals surface area contributed by atoms with Crippen LogP contribution in [0, 0.1) is 0 Å². The van der Waals surface area contributed by atoms with Crippen LogP contribution >= 0.6 is 0 Å². The zero-order chi connectivity index (χ0) is 37.2. The second-order valence-corrected chi connectivity index (χ2v) is 14.8. The minimum atomic E-state index is -0.0819. The first-order chi connectivity index (χ1) is 27.7. The Bertz CT molecular complexity index is 3210. The van der Waals surface area contributed by atoms with Crippen LogP contribution in [0.25, 0.3) is 82.7 Å². The van der Waals surface area contributed by atoms with Gasteiger partial charge in [0.2, 0.25) is 0 Å². The van der Waals surface area contributed by atoms with E-state index in [4.69, 9.17) is 5.73 Å². The molecule has 8 aromatic carbocycles. The van der Waals surface area contributed by atoms with E-state index in [9.17, 15) is 0 Å². The molecule has 0 spiro atoms. The summed E-state index contributed by atoms with van der Waals surface area (Å²) in [5, 5.41) is 6.12. The maximum absolute atomic E-state index is 6.76. The number of hydrogen-bond donors (Lipinski definition) is 1. The first kappa shape index (κ1) is 32.3. The Hall–Kier alpha value is -7.14. The summed E-state index contributed by atoms with van der Waals surface area (Å²) in [5.74, 6) is 0. The fourth-order valence-electron chi connectivity index (χ4n) is 8.84. The van der Waals surface area contributed by atoms with Gasteiger partial charge in [0.1, 0.15) is 0 Å². The molecule has 3 aromatic heterocycles. The lowest BCUT2D eigenvalue weighted by Crippen LogP contribution is -2.13. The van der Waals surface area contributed by atoms with Gasteiger partial charge in [-0.05, 0) is 95.4 Å². The highest BCUT2D eigenvalue weighted by Crippen LogP contribution is 2.43. The van der Waals surface area contributed by atoms with Crippen LogP contribution in [0.1, 0.15) is 17.2 Å². The highest BCUT2D eigenvalue weighted by Gasteiger charge is 2.22. The molecule has 4 nitrogen and oxygen atoms in total. The number of benzene rings is 8. The van der Waals surface area contributed by atoms with E-state index in [1.165, 1.54) is 60.1 Å². The summed E-state index contributed by atoms with van der Waals surface area (Å²) >= 11 is 0. The lowest BCUT2D eigenvalue weighted by atomic mass is 9.96. The van der Waals surface area contributed by atoms with Crippen molar-refractivity contribution < 1.29 is 0 Å². The molecule has 56 heavy (non-hydrogen) atoms. The van der Waals surface area contributed by atoms with Crippen molar-refractivity contribution in [3.63, 3.8) is 0 Å². The zero-order valence-electron chi connectivity index (χ0n) is 30.8. The van der Waals surface area contributed by atoms with Crippen LogP contribution in [0.5, 0.6) is 0 Å². The number of hydrogen-bond acceptors (Lipinski definition) is 1. The number of rotatable bonds is 7. The van der Waals surface area contributed by atoms with Crippen molar-refractivity contribution in [3.05, 3.63) is 211 Å². The van der Waals surface area contributed by atoms with E-state index in [-0.39, 0.29) is 6.04 Å². The molecule has 4 heteroatoms. The number of aromatic nitrogens is 3. The predicted molar refractivity (Wildman–Crippen MR) is 234 cm³/mol. The van der Waals surface area contributed by atoms with Gasteiger partial charge in [-0.2, -0.15) is 0 Å². The minimum Gasteiger partial charge on any atom is -0.324 e. The molecule has 0 aliphatic rings. The quantitative estimate of drug-likeness (QED) is 0.175. The first-order valence-corrected chi connectivity index (χ1v) is 19.3. The molecule has 0 saturated carbocycles. The largest absolute Gasteiger partial charge is 0.324 e. The summed E-state index contributed by atoms with van der Waals surface area (Å²) in [6, 6.07) is 70.0. The molecule has 0 bridgehead atoms. The van der Waals surface area contributed by atoms with E-state index < -0.39 is 0 Å². The molecule has 11 rings (SSSR count). The Morgan fingerprint density at radius 1 is 0.411 bits per heavy atom. The Morgan fingerprint density at radius 3 is 1.79 bits per heavy atom. The van der Waals surface area contributed by atoms with E-state index in [2.05, 4.69) is 208 Å². The molecule has 1 unspecified atom stereocenters. The van der Waals surface area contributed by atoms with Crippen molar-refractivity contribution in [2.75, 3.05) is 0 Å². The molecule has 266 valence electrons. The van der Waals surface area contributed by atoms with E-state index in [1.54, 1.807) is 0 Å². The molecule has 0 fully saturated rings. The second kappa shape index (κ2) is 13.0. The van der Waals surface area contributed by atoms with Gasteiger partial charge in [0.25, 0.3) is 0 Å². The summed E-state index contributed by atoms with van der Waals surface area (Å²) in [5.41, 5.74) is 20.8. The minimum absolute atomic E-state index is 0.0819. The average molecular weight is 719 g/mol. The molecule has 0 radical (unpaired) electrons. The van der Waals surface area contributed by atoms with Crippen molar-refractivity contribution in [1.82, 2.24) is 13.7 Å². The normalized spacial score (nSPS) is 12.4. The highest BCUT2D eigenvalue weighted by atomic mass is 15.0. The Balaban J connectivity index is 1.14. The molecule has 0 aliphatic heterocycles. The molecule has 2 N–H and O–H groups in total. The fourth-order valence-corrected chi connectivity index (χ4v) is 8.84.